The third kappa shape index (κ3) is 7.48. The van der Waals surface area contributed by atoms with Crippen LogP contribution >= 0.6 is 23.8 Å². The van der Waals surface area contributed by atoms with E-state index in [0.29, 0.717) is 10.7 Å². The highest BCUT2D eigenvalue weighted by molar-refractivity contribution is 7.81. The van der Waals surface area contributed by atoms with Crippen molar-refractivity contribution in [2.45, 2.75) is 32.3 Å². The van der Waals surface area contributed by atoms with Crippen molar-refractivity contribution in [3.8, 4) is 0 Å². The van der Waals surface area contributed by atoms with Gasteiger partial charge in [0.15, 0.2) is 0 Å². The molecule has 30 heavy (non-hydrogen) atoms. The maximum atomic E-state index is 13.3. The van der Waals surface area contributed by atoms with Crippen LogP contribution in [0.3, 0.4) is 0 Å². The number of benzene rings is 2. The molecule has 1 unspecified atom stereocenters. The molecule has 2 aromatic rings. The zero-order chi connectivity index (χ0) is 22.7. The van der Waals surface area contributed by atoms with Crippen LogP contribution in [-0.4, -0.2) is 42.9 Å². The summed E-state index contributed by atoms with van der Waals surface area (Å²) in [6.07, 6.45) is 2.39. The number of hydrogen-bond donors (Lipinski definition) is 2. The van der Waals surface area contributed by atoms with E-state index in [9.17, 15) is 9.50 Å². The molecule has 8 heteroatoms. The van der Waals surface area contributed by atoms with Gasteiger partial charge in [0.25, 0.3) is 0 Å². The van der Waals surface area contributed by atoms with E-state index in [1.165, 1.54) is 12.1 Å². The first-order chi connectivity index (χ1) is 14.4. The highest BCUT2D eigenvalue weighted by atomic mass is 35.5. The Kier molecular flexibility index (Phi) is 11.2. The number of anilines is 2. The summed E-state index contributed by atoms with van der Waals surface area (Å²) in [4.78, 5) is 18.9. The van der Waals surface area contributed by atoms with E-state index in [1.54, 1.807) is 6.07 Å². The SMILES string of the molecule is C=O.C=O.Cc1cc(C(=S)Nc2ccc(F)c(Cl)c2)cc(N2CCCC(O)CC2)c1. The quantitative estimate of drug-likeness (QED) is 0.665. The summed E-state index contributed by atoms with van der Waals surface area (Å²) < 4.78 is 13.3. The van der Waals surface area contributed by atoms with E-state index in [4.69, 9.17) is 33.4 Å². The summed E-state index contributed by atoms with van der Waals surface area (Å²) in [6, 6.07) is 10.7. The average molecular weight is 453 g/mol. The van der Waals surface area contributed by atoms with Crippen molar-refractivity contribution in [2.24, 2.45) is 0 Å². The van der Waals surface area contributed by atoms with Gasteiger partial charge in [-0.1, -0.05) is 23.8 Å². The molecule has 162 valence electrons. The highest BCUT2D eigenvalue weighted by Gasteiger charge is 2.16. The lowest BCUT2D eigenvalue weighted by Gasteiger charge is -2.24. The van der Waals surface area contributed by atoms with Crippen LogP contribution in [0.4, 0.5) is 15.8 Å². The summed E-state index contributed by atoms with van der Waals surface area (Å²) in [7, 11) is 0. The minimum Gasteiger partial charge on any atom is -0.393 e. The first-order valence-electron chi connectivity index (χ1n) is 9.31. The third-order valence-corrected chi connectivity index (χ3v) is 5.19. The number of halogens is 2. The molecule has 0 aliphatic carbocycles. The van der Waals surface area contributed by atoms with Gasteiger partial charge in [0, 0.05) is 30.0 Å². The topological polar surface area (TPSA) is 69.6 Å². The smallest absolute Gasteiger partial charge is 0.141 e. The molecule has 0 spiro atoms. The van der Waals surface area contributed by atoms with Gasteiger partial charge in [-0.05, 0) is 68.1 Å². The normalized spacial score (nSPS) is 15.6. The van der Waals surface area contributed by atoms with E-state index >= 15 is 0 Å². The molecule has 0 bridgehead atoms. The monoisotopic (exact) mass is 452 g/mol. The summed E-state index contributed by atoms with van der Waals surface area (Å²) in [5.41, 5.74) is 3.78. The van der Waals surface area contributed by atoms with Gasteiger partial charge in [-0.25, -0.2) is 4.39 Å². The van der Waals surface area contributed by atoms with E-state index in [2.05, 4.69) is 22.3 Å². The number of aryl methyl sites for hydroxylation is 1. The Morgan fingerprint density at radius 1 is 1.17 bits per heavy atom. The number of aliphatic hydroxyl groups excluding tert-OH is 1. The van der Waals surface area contributed by atoms with Crippen molar-refractivity contribution >= 4 is 53.8 Å². The standard InChI is InChI=1S/C20H22ClFN2OS.2CH2O/c1-13-9-14(20(26)23-15-4-5-19(22)18(21)12-15)11-16(10-13)24-7-2-3-17(25)6-8-24;2*1-2/h4-5,9-12,17,25H,2-3,6-8H2,1H3,(H,23,26);2*1H2. The fraction of sp³-hybridized carbons (Fsp3) is 0.318. The van der Waals surface area contributed by atoms with Crippen molar-refractivity contribution in [2.75, 3.05) is 23.3 Å². The molecule has 5 nitrogen and oxygen atoms in total. The fourth-order valence-corrected chi connectivity index (χ4v) is 3.61. The molecule has 1 aliphatic heterocycles. The van der Waals surface area contributed by atoms with Crippen LogP contribution in [0.5, 0.6) is 0 Å². The van der Waals surface area contributed by atoms with Crippen molar-refractivity contribution in [1.29, 1.82) is 0 Å². The van der Waals surface area contributed by atoms with Crippen molar-refractivity contribution in [1.82, 2.24) is 0 Å². The zero-order valence-electron chi connectivity index (χ0n) is 16.9. The van der Waals surface area contributed by atoms with Crippen LogP contribution in [0.15, 0.2) is 36.4 Å². The molecule has 1 aliphatic rings. The number of carbonyl (C=O) groups excluding carboxylic acids is 2. The predicted octanol–water partition coefficient (Wildman–Crippen LogP) is 4.56. The Labute approximate surface area is 186 Å². The van der Waals surface area contributed by atoms with Gasteiger partial charge in [0.05, 0.1) is 11.1 Å². The van der Waals surface area contributed by atoms with E-state index in [1.807, 2.05) is 26.6 Å². The Hall–Kier alpha value is -2.35. The molecule has 3 rings (SSSR count). The molecule has 1 saturated heterocycles. The van der Waals surface area contributed by atoms with Crippen LogP contribution in [0.2, 0.25) is 5.02 Å². The number of aliphatic hydroxyl groups is 1. The summed E-state index contributed by atoms with van der Waals surface area (Å²) in [5, 5.41) is 13.0. The predicted molar refractivity (Wildman–Crippen MR) is 124 cm³/mol. The molecule has 2 aromatic carbocycles. The Morgan fingerprint density at radius 3 is 2.53 bits per heavy atom. The summed E-state index contributed by atoms with van der Waals surface area (Å²) in [6.45, 7) is 7.79. The zero-order valence-corrected chi connectivity index (χ0v) is 18.4. The molecular weight excluding hydrogens is 427 g/mol. The third-order valence-electron chi connectivity index (χ3n) is 4.56. The van der Waals surface area contributed by atoms with Gasteiger partial charge in [-0.3, -0.25) is 0 Å². The van der Waals surface area contributed by atoms with Crippen LogP contribution < -0.4 is 10.2 Å². The average Bonchev–Trinajstić information content (AvgIpc) is 2.98. The van der Waals surface area contributed by atoms with Crippen molar-refractivity contribution in [3.05, 3.63) is 58.4 Å². The molecule has 0 aromatic heterocycles. The van der Waals surface area contributed by atoms with Crippen LogP contribution in [0.1, 0.15) is 30.4 Å². The number of hydrogen-bond acceptors (Lipinski definition) is 5. The molecule has 0 saturated carbocycles. The van der Waals surface area contributed by atoms with Crippen molar-refractivity contribution in [3.63, 3.8) is 0 Å². The summed E-state index contributed by atoms with van der Waals surface area (Å²) >= 11 is 11.4. The Morgan fingerprint density at radius 2 is 1.87 bits per heavy atom. The summed E-state index contributed by atoms with van der Waals surface area (Å²) in [5.74, 6) is -0.454. The van der Waals surface area contributed by atoms with Crippen LogP contribution in [0.25, 0.3) is 0 Å². The Balaban J connectivity index is 0.00000106. The number of nitrogens with zero attached hydrogens (tertiary/aromatic N) is 1. The van der Waals surface area contributed by atoms with Gasteiger partial charge >= 0.3 is 0 Å². The van der Waals surface area contributed by atoms with Crippen LogP contribution in [-0.2, 0) is 9.59 Å². The molecule has 2 N–H and O–H groups in total. The van der Waals surface area contributed by atoms with Gasteiger partial charge < -0.3 is 24.9 Å². The second kappa shape index (κ2) is 13.1. The van der Waals surface area contributed by atoms with Gasteiger partial charge in [0.2, 0.25) is 0 Å². The lowest BCUT2D eigenvalue weighted by atomic mass is 10.1. The molecule has 0 amide bonds. The minimum absolute atomic E-state index is 0.0610. The number of thiocarbonyl (C=S) groups is 1. The van der Waals surface area contributed by atoms with Crippen molar-refractivity contribution < 1.29 is 19.1 Å². The minimum atomic E-state index is -0.454. The maximum Gasteiger partial charge on any atom is 0.141 e. The Bertz CT molecular complexity index is 851. The molecule has 1 heterocycles. The second-order valence-electron chi connectivity index (χ2n) is 6.71. The number of rotatable bonds is 3. The molecule has 1 atom stereocenters. The van der Waals surface area contributed by atoms with Gasteiger partial charge in [-0.15, -0.1) is 0 Å². The first-order valence-corrected chi connectivity index (χ1v) is 10.1. The fourth-order valence-electron chi connectivity index (χ4n) is 3.19. The maximum absolute atomic E-state index is 13.3. The number of carbonyl (C=O) groups is 2. The lowest BCUT2D eigenvalue weighted by Crippen LogP contribution is -2.25. The molecule has 0 radical (unpaired) electrons. The second-order valence-corrected chi connectivity index (χ2v) is 7.53. The van der Waals surface area contributed by atoms with Crippen LogP contribution in [0, 0.1) is 12.7 Å². The van der Waals surface area contributed by atoms with E-state index < -0.39 is 5.82 Å². The highest BCUT2D eigenvalue weighted by Crippen LogP contribution is 2.25. The van der Waals surface area contributed by atoms with E-state index in [-0.39, 0.29) is 11.1 Å². The first kappa shape index (κ1) is 25.7. The molecular formula is C22H26ClFN2O3S. The van der Waals surface area contributed by atoms with Gasteiger partial charge in [0.1, 0.15) is 24.4 Å². The number of nitrogens with one attached hydrogen (secondary N) is 1. The molecule has 1 fully saturated rings. The lowest BCUT2D eigenvalue weighted by molar-refractivity contribution is -0.0987. The largest absolute Gasteiger partial charge is 0.393 e. The van der Waals surface area contributed by atoms with Gasteiger partial charge in [-0.2, -0.15) is 0 Å². The van der Waals surface area contributed by atoms with E-state index in [0.717, 1.165) is 49.2 Å².